The average molecular weight is 132 g/mol. The second kappa shape index (κ2) is 3.25. The largest absolute Gasteiger partial charge is 0.419 e. The molecular weight excluding hydrogens is 116 g/mol. The Morgan fingerprint density at radius 2 is 1.88 bits per heavy atom. The molecule has 0 aliphatic carbocycles. The highest BCUT2D eigenvalue weighted by Gasteiger charge is 2.07. The van der Waals surface area contributed by atoms with Crippen LogP contribution in [-0.4, -0.2) is 15.4 Å². The van der Waals surface area contributed by atoms with Crippen molar-refractivity contribution in [3.8, 4) is 0 Å². The Bertz CT molecular complexity index is 56.0. The molecule has 0 rings (SSSR count). The molecule has 0 aromatic heterocycles. The lowest BCUT2D eigenvalue weighted by Gasteiger charge is -2.18. The van der Waals surface area contributed by atoms with Crippen molar-refractivity contribution in [1.29, 1.82) is 0 Å². The van der Waals surface area contributed by atoms with Gasteiger partial charge in [-0.05, 0) is 26.8 Å². The summed E-state index contributed by atoms with van der Waals surface area (Å²) in [6.07, 6.45) is 0. The molecule has 0 spiro atoms. The van der Waals surface area contributed by atoms with E-state index in [9.17, 15) is 0 Å². The minimum absolute atomic E-state index is 0.113. The Labute approximate surface area is 54.4 Å². The van der Waals surface area contributed by atoms with E-state index in [0.29, 0.717) is 0 Å². The summed E-state index contributed by atoms with van der Waals surface area (Å²) in [4.78, 5) is 0. The quantitative estimate of drug-likeness (QED) is 0.515. The first-order valence-electron chi connectivity index (χ1n) is 3.20. The van der Waals surface area contributed by atoms with Gasteiger partial charge in [0.1, 0.15) is 0 Å². The second-order valence-electron chi connectivity index (χ2n) is 2.96. The van der Waals surface area contributed by atoms with Crippen LogP contribution in [0.1, 0.15) is 27.7 Å². The Morgan fingerprint density at radius 1 is 1.38 bits per heavy atom. The Kier molecular flexibility index (Phi) is 3.32. The van der Waals surface area contributed by atoms with Crippen molar-refractivity contribution in [3.05, 3.63) is 0 Å². The standard InChI is InChI=1S/C6H16OSi/c1-5-8-7-6(2,3)4/h5,8H2,1-4H3. The summed E-state index contributed by atoms with van der Waals surface area (Å²) in [6, 6.07) is 1.25. The van der Waals surface area contributed by atoms with E-state index in [1.807, 2.05) is 0 Å². The highest BCUT2D eigenvalue weighted by molar-refractivity contribution is 6.26. The monoisotopic (exact) mass is 132 g/mol. The first-order chi connectivity index (χ1) is 3.56. The van der Waals surface area contributed by atoms with Crippen LogP contribution in [0.3, 0.4) is 0 Å². The van der Waals surface area contributed by atoms with Crippen LogP contribution in [0.5, 0.6) is 0 Å². The second-order valence-corrected chi connectivity index (χ2v) is 4.66. The summed E-state index contributed by atoms with van der Waals surface area (Å²) in [6.45, 7) is 8.50. The molecule has 50 valence electrons. The zero-order valence-corrected chi connectivity index (χ0v) is 7.74. The van der Waals surface area contributed by atoms with Crippen molar-refractivity contribution in [1.82, 2.24) is 0 Å². The fourth-order valence-corrected chi connectivity index (χ4v) is 1.22. The molecule has 0 bridgehead atoms. The number of rotatable bonds is 2. The zero-order valence-electron chi connectivity index (χ0n) is 6.32. The minimum Gasteiger partial charge on any atom is -0.419 e. The molecule has 1 nitrogen and oxygen atoms in total. The van der Waals surface area contributed by atoms with Gasteiger partial charge in [0.15, 0.2) is 9.76 Å². The molecule has 0 fully saturated rings. The van der Waals surface area contributed by atoms with Crippen LogP contribution in [0.2, 0.25) is 6.04 Å². The van der Waals surface area contributed by atoms with E-state index < -0.39 is 0 Å². The maximum Gasteiger partial charge on any atom is 0.162 e. The molecule has 0 atom stereocenters. The van der Waals surface area contributed by atoms with E-state index in [-0.39, 0.29) is 15.4 Å². The summed E-state index contributed by atoms with van der Waals surface area (Å²) in [5.41, 5.74) is 0.113. The van der Waals surface area contributed by atoms with Gasteiger partial charge in [-0.25, -0.2) is 0 Å². The van der Waals surface area contributed by atoms with Gasteiger partial charge in [-0.3, -0.25) is 0 Å². The minimum atomic E-state index is -0.182. The third kappa shape index (κ3) is 6.18. The molecule has 0 saturated heterocycles. The first kappa shape index (κ1) is 8.18. The molecular formula is C6H16OSi. The van der Waals surface area contributed by atoms with E-state index in [2.05, 4.69) is 27.7 Å². The van der Waals surface area contributed by atoms with Crippen LogP contribution >= 0.6 is 0 Å². The van der Waals surface area contributed by atoms with Gasteiger partial charge in [-0.2, -0.15) is 0 Å². The van der Waals surface area contributed by atoms with Gasteiger partial charge in [0, 0.05) is 5.60 Å². The maximum absolute atomic E-state index is 5.52. The van der Waals surface area contributed by atoms with Gasteiger partial charge >= 0.3 is 0 Å². The van der Waals surface area contributed by atoms with Gasteiger partial charge in [0.2, 0.25) is 0 Å². The van der Waals surface area contributed by atoms with Crippen molar-refractivity contribution in [2.75, 3.05) is 0 Å². The highest BCUT2D eigenvalue weighted by Crippen LogP contribution is 2.04. The lowest BCUT2D eigenvalue weighted by molar-refractivity contribution is 0.138. The zero-order chi connectivity index (χ0) is 6.62. The van der Waals surface area contributed by atoms with Crippen LogP contribution in [0, 0.1) is 0 Å². The molecule has 0 aliphatic rings. The third-order valence-corrected chi connectivity index (χ3v) is 2.22. The lowest BCUT2D eigenvalue weighted by Crippen LogP contribution is -2.20. The molecule has 0 radical (unpaired) electrons. The molecule has 0 aliphatic heterocycles. The Morgan fingerprint density at radius 3 is 2.00 bits per heavy atom. The van der Waals surface area contributed by atoms with E-state index in [0.717, 1.165) is 0 Å². The summed E-state index contributed by atoms with van der Waals surface area (Å²) in [5.74, 6) is 0. The molecule has 0 unspecified atom stereocenters. The van der Waals surface area contributed by atoms with Crippen LogP contribution in [0.4, 0.5) is 0 Å². The molecule has 0 N–H and O–H groups in total. The molecule has 0 aromatic carbocycles. The fourth-order valence-electron chi connectivity index (χ4n) is 0.408. The first-order valence-corrected chi connectivity index (χ1v) is 4.78. The van der Waals surface area contributed by atoms with E-state index in [4.69, 9.17) is 4.43 Å². The fraction of sp³-hybridized carbons (Fsp3) is 1.00. The molecule has 0 amide bonds. The molecule has 0 heterocycles. The van der Waals surface area contributed by atoms with Crippen LogP contribution in [0.15, 0.2) is 0 Å². The molecule has 0 aromatic rings. The van der Waals surface area contributed by atoms with Crippen molar-refractivity contribution >= 4 is 9.76 Å². The van der Waals surface area contributed by atoms with Crippen LogP contribution < -0.4 is 0 Å². The van der Waals surface area contributed by atoms with E-state index in [1.54, 1.807) is 0 Å². The van der Waals surface area contributed by atoms with E-state index in [1.165, 1.54) is 6.04 Å². The number of hydrogen-bond acceptors (Lipinski definition) is 1. The Balaban J connectivity index is 3.11. The topological polar surface area (TPSA) is 9.23 Å². The van der Waals surface area contributed by atoms with Crippen molar-refractivity contribution < 1.29 is 4.43 Å². The molecule has 0 saturated carbocycles. The molecule has 8 heavy (non-hydrogen) atoms. The van der Waals surface area contributed by atoms with Crippen LogP contribution in [0.25, 0.3) is 0 Å². The summed E-state index contributed by atoms with van der Waals surface area (Å²) < 4.78 is 5.52. The average Bonchev–Trinajstić information content (AvgIpc) is 1.59. The predicted molar refractivity (Wildman–Crippen MR) is 39.9 cm³/mol. The SMILES string of the molecule is CC[SiH2]OC(C)(C)C. The van der Waals surface area contributed by atoms with Gasteiger partial charge in [0.25, 0.3) is 0 Å². The van der Waals surface area contributed by atoms with Crippen molar-refractivity contribution in [3.63, 3.8) is 0 Å². The van der Waals surface area contributed by atoms with Crippen molar-refractivity contribution in [2.45, 2.75) is 39.3 Å². The predicted octanol–water partition coefficient (Wildman–Crippen LogP) is 1.32. The Hall–Kier alpha value is 0.177. The lowest BCUT2D eigenvalue weighted by atomic mass is 10.2. The normalized spacial score (nSPS) is 13.5. The van der Waals surface area contributed by atoms with Gasteiger partial charge in [-0.15, -0.1) is 0 Å². The number of hydrogen-bond donors (Lipinski definition) is 0. The van der Waals surface area contributed by atoms with E-state index >= 15 is 0 Å². The summed E-state index contributed by atoms with van der Waals surface area (Å²) >= 11 is 0. The summed E-state index contributed by atoms with van der Waals surface area (Å²) in [7, 11) is -0.182. The smallest absolute Gasteiger partial charge is 0.162 e. The van der Waals surface area contributed by atoms with Gasteiger partial charge in [0.05, 0.1) is 0 Å². The van der Waals surface area contributed by atoms with Gasteiger partial charge in [-0.1, -0.05) is 6.92 Å². The maximum atomic E-state index is 5.52. The molecule has 2 heteroatoms. The van der Waals surface area contributed by atoms with Crippen molar-refractivity contribution in [2.24, 2.45) is 0 Å². The highest BCUT2D eigenvalue weighted by atomic mass is 28.2. The third-order valence-electron chi connectivity index (χ3n) is 0.739. The summed E-state index contributed by atoms with van der Waals surface area (Å²) in [5, 5.41) is 0. The van der Waals surface area contributed by atoms with Crippen LogP contribution in [-0.2, 0) is 4.43 Å². The van der Waals surface area contributed by atoms with Gasteiger partial charge < -0.3 is 4.43 Å².